The molecule has 1 saturated carbocycles. The number of carboxylic acid groups (broad SMARTS) is 1. The minimum Gasteiger partial charge on any atom is -0.475 e. The molecule has 0 atom stereocenters. The molecule has 7 rings (SSSR count). The van der Waals surface area contributed by atoms with Crippen LogP contribution in [0.1, 0.15) is 76.6 Å². The summed E-state index contributed by atoms with van der Waals surface area (Å²) in [6, 6.07) is 25.2. The Bertz CT molecular complexity index is 2160. The molecule has 0 radical (unpaired) electrons. The van der Waals surface area contributed by atoms with Gasteiger partial charge in [0, 0.05) is 47.2 Å². The highest BCUT2D eigenvalue weighted by molar-refractivity contribution is 7.89. The van der Waals surface area contributed by atoms with Gasteiger partial charge in [0.15, 0.2) is 0 Å². The van der Waals surface area contributed by atoms with Crippen LogP contribution in [0, 0.1) is 0 Å². The van der Waals surface area contributed by atoms with E-state index in [2.05, 4.69) is 52.0 Å². The Balaban J connectivity index is 0.000000604. The number of rotatable bonds is 8. The number of imidazole rings is 1. The number of pyridine rings is 1. The van der Waals surface area contributed by atoms with Crippen LogP contribution in [-0.4, -0.2) is 63.5 Å². The van der Waals surface area contributed by atoms with Crippen molar-refractivity contribution in [3.63, 3.8) is 0 Å². The van der Waals surface area contributed by atoms with Gasteiger partial charge in [-0.05, 0) is 90.9 Å². The first-order valence-corrected chi connectivity index (χ1v) is 18.4. The summed E-state index contributed by atoms with van der Waals surface area (Å²) in [5, 5.41) is 8.49. The highest BCUT2D eigenvalue weighted by Gasteiger charge is 2.38. The van der Waals surface area contributed by atoms with Crippen molar-refractivity contribution in [3.8, 4) is 0 Å². The lowest BCUT2D eigenvalue weighted by molar-refractivity contribution is -0.192. The molecule has 1 saturated heterocycles. The number of hydrogen-bond donors (Lipinski definition) is 2. The molecule has 16 heteroatoms. The van der Waals surface area contributed by atoms with Gasteiger partial charge < -0.3 is 15.4 Å². The zero-order valence-corrected chi connectivity index (χ0v) is 29.6. The first-order chi connectivity index (χ1) is 24.6. The van der Waals surface area contributed by atoms with Gasteiger partial charge in [0.1, 0.15) is 16.4 Å². The number of piperidine rings is 1. The third kappa shape index (κ3) is 8.10. The topological polar surface area (TPSA) is 148 Å². The summed E-state index contributed by atoms with van der Waals surface area (Å²) in [6.45, 7) is 0.735. The van der Waals surface area contributed by atoms with Crippen molar-refractivity contribution in [1.29, 1.82) is 0 Å². The quantitative estimate of drug-likeness (QED) is 0.155. The zero-order valence-electron chi connectivity index (χ0n) is 27.3. The molecule has 0 bridgehead atoms. The average Bonchev–Trinajstić information content (AvgIpc) is 3.90. The summed E-state index contributed by atoms with van der Waals surface area (Å²) >= 11 is 12.5. The number of aromatic nitrogens is 3. The fraction of sp³-hybridized carbons (Fsp3) is 0.278. The van der Waals surface area contributed by atoms with Gasteiger partial charge in [-0.15, -0.1) is 0 Å². The molecule has 1 aliphatic heterocycles. The van der Waals surface area contributed by atoms with Crippen molar-refractivity contribution in [1.82, 2.24) is 18.8 Å². The number of carbonyl (C=O) groups excluding carboxylic acids is 1. The van der Waals surface area contributed by atoms with E-state index in [4.69, 9.17) is 43.8 Å². The molecule has 272 valence electrons. The lowest BCUT2D eigenvalue weighted by atomic mass is 9.85. The maximum Gasteiger partial charge on any atom is 0.490 e. The maximum absolute atomic E-state index is 13.4. The number of benzene rings is 3. The average molecular weight is 775 g/mol. The van der Waals surface area contributed by atoms with Gasteiger partial charge in [-0.25, -0.2) is 23.2 Å². The number of aliphatic carboxylic acids is 1. The number of fused-ring (bicyclic) bond motifs is 1. The monoisotopic (exact) mass is 773 g/mol. The summed E-state index contributed by atoms with van der Waals surface area (Å²) < 4.78 is 62.5. The van der Waals surface area contributed by atoms with Crippen molar-refractivity contribution in [2.45, 2.75) is 54.6 Å². The molecule has 10 nitrogen and oxygen atoms in total. The maximum atomic E-state index is 13.4. The Labute approximate surface area is 307 Å². The number of carboxylic acids is 1. The van der Waals surface area contributed by atoms with Crippen LogP contribution in [0.15, 0.2) is 90.0 Å². The van der Waals surface area contributed by atoms with Gasteiger partial charge in [-0.3, -0.25) is 4.79 Å². The number of hydrogen-bond acceptors (Lipinski definition) is 6. The minimum atomic E-state index is -5.08. The number of alkyl halides is 3. The molecule has 3 N–H and O–H groups in total. The molecule has 2 aromatic heterocycles. The van der Waals surface area contributed by atoms with Crippen LogP contribution in [0.4, 0.5) is 13.2 Å². The molecular weight excluding hydrogens is 742 g/mol. The number of primary amides is 1. The second-order valence-electron chi connectivity index (χ2n) is 12.6. The Morgan fingerprint density at radius 3 is 1.85 bits per heavy atom. The molecular formula is C36H32Cl2F3N5O5S. The van der Waals surface area contributed by atoms with E-state index in [0.29, 0.717) is 41.9 Å². The second kappa shape index (κ2) is 14.9. The summed E-state index contributed by atoms with van der Waals surface area (Å²) in [5.41, 5.74) is 10.7. The first-order valence-electron chi connectivity index (χ1n) is 16.2. The number of nitrogens with two attached hydrogens (primary N) is 1. The number of amides is 1. The largest absolute Gasteiger partial charge is 0.490 e. The normalized spacial score (nSPS) is 15.7. The Kier molecular flexibility index (Phi) is 10.6. The van der Waals surface area contributed by atoms with Gasteiger partial charge in [0.2, 0.25) is 10.0 Å². The standard InChI is InChI=1S/C34H31Cl2N5O3S.C2HF3O2/c35-25-8-3-21(4-9-25)32(22-5-10-26(36)11-6-22)24-7-13-29-31(19-24)41(34(39-29)23-1-2-23)27-15-17-40(18-16-27)45(43,44)28-12-14-30(33(37)42)38-20-28;3-2(4,5)1(6)7/h3-14,19-20,23,27,32H,1-2,15-18H2,(H2,37,42);(H,6,7). The number of nitrogens with zero attached hydrogens (tertiary/aromatic N) is 4. The van der Waals surface area contributed by atoms with Crippen LogP contribution in [-0.2, 0) is 14.8 Å². The number of sulfonamides is 1. The van der Waals surface area contributed by atoms with Crippen LogP contribution in [0.25, 0.3) is 11.0 Å². The summed E-state index contributed by atoms with van der Waals surface area (Å²) in [6.07, 6.45) is -0.361. The lowest BCUT2D eigenvalue weighted by Crippen LogP contribution is -2.39. The van der Waals surface area contributed by atoms with Crippen LogP contribution in [0.5, 0.6) is 0 Å². The predicted molar refractivity (Wildman–Crippen MR) is 189 cm³/mol. The summed E-state index contributed by atoms with van der Waals surface area (Å²) in [5.74, 6) is -2.00. The fourth-order valence-corrected chi connectivity index (χ4v) is 8.05. The molecule has 3 aromatic carbocycles. The third-order valence-corrected chi connectivity index (χ3v) is 11.5. The number of halogens is 5. The zero-order chi connectivity index (χ0) is 37.4. The van der Waals surface area contributed by atoms with Gasteiger partial charge in [-0.1, -0.05) is 53.5 Å². The van der Waals surface area contributed by atoms with Crippen LogP contribution in [0.2, 0.25) is 10.0 Å². The smallest absolute Gasteiger partial charge is 0.475 e. The summed E-state index contributed by atoms with van der Waals surface area (Å²) in [4.78, 5) is 29.4. The van der Waals surface area contributed by atoms with Crippen molar-refractivity contribution < 1.29 is 36.3 Å². The van der Waals surface area contributed by atoms with Gasteiger partial charge in [0.25, 0.3) is 5.91 Å². The van der Waals surface area contributed by atoms with E-state index in [9.17, 15) is 26.4 Å². The highest BCUT2D eigenvalue weighted by atomic mass is 35.5. The Hall–Kier alpha value is -4.50. The van der Waals surface area contributed by atoms with E-state index >= 15 is 0 Å². The fourth-order valence-electron chi connectivity index (χ4n) is 6.38. The van der Waals surface area contributed by atoms with Crippen LogP contribution < -0.4 is 5.73 Å². The SMILES string of the molecule is NC(=O)c1ccc(S(=O)(=O)N2CCC(n3c(C4CC4)nc4ccc(C(c5ccc(Cl)cc5)c5ccc(Cl)cc5)cc43)CC2)cn1.O=C(O)C(F)(F)F. The minimum absolute atomic E-state index is 0.0287. The van der Waals surface area contributed by atoms with E-state index in [1.54, 1.807) is 0 Å². The molecule has 52 heavy (non-hydrogen) atoms. The molecule has 0 unspecified atom stereocenters. The van der Waals surface area contributed by atoms with E-state index < -0.39 is 28.1 Å². The highest BCUT2D eigenvalue weighted by Crippen LogP contribution is 2.44. The lowest BCUT2D eigenvalue weighted by Gasteiger charge is -2.33. The first kappa shape index (κ1) is 37.3. The van der Waals surface area contributed by atoms with E-state index in [1.807, 2.05) is 24.3 Å². The molecule has 5 aromatic rings. The van der Waals surface area contributed by atoms with Gasteiger partial charge in [0.05, 0.1) is 11.0 Å². The molecule has 2 fully saturated rings. The van der Waals surface area contributed by atoms with E-state index in [0.717, 1.165) is 46.4 Å². The molecule has 1 aliphatic carbocycles. The van der Waals surface area contributed by atoms with Crippen molar-refractivity contribution in [3.05, 3.63) is 123 Å². The second-order valence-corrected chi connectivity index (χ2v) is 15.4. The summed E-state index contributed by atoms with van der Waals surface area (Å²) in [7, 11) is -3.76. The molecule has 1 amide bonds. The number of carbonyl (C=O) groups is 2. The predicted octanol–water partition coefficient (Wildman–Crippen LogP) is 7.55. The van der Waals surface area contributed by atoms with Crippen molar-refractivity contribution in [2.75, 3.05) is 13.1 Å². The Morgan fingerprint density at radius 1 is 0.846 bits per heavy atom. The molecule has 3 heterocycles. The van der Waals surface area contributed by atoms with Crippen LogP contribution in [0.3, 0.4) is 0 Å². The molecule has 0 spiro atoms. The Morgan fingerprint density at radius 2 is 1.38 bits per heavy atom. The van der Waals surface area contributed by atoms with E-state index in [1.165, 1.54) is 22.6 Å². The van der Waals surface area contributed by atoms with Crippen molar-refractivity contribution >= 4 is 56.1 Å². The van der Waals surface area contributed by atoms with Crippen molar-refractivity contribution in [2.24, 2.45) is 5.73 Å². The third-order valence-electron chi connectivity index (χ3n) is 9.08. The van der Waals surface area contributed by atoms with Gasteiger partial charge in [-0.2, -0.15) is 17.5 Å². The van der Waals surface area contributed by atoms with E-state index in [-0.39, 0.29) is 22.5 Å². The molecule has 2 aliphatic rings. The van der Waals surface area contributed by atoms with Crippen LogP contribution >= 0.6 is 23.2 Å². The van der Waals surface area contributed by atoms with Gasteiger partial charge >= 0.3 is 12.1 Å².